The molecule has 0 aliphatic carbocycles. The molecule has 0 aliphatic heterocycles. The van der Waals surface area contributed by atoms with Crippen molar-refractivity contribution >= 4 is 40.0 Å². The van der Waals surface area contributed by atoms with Gasteiger partial charge in [-0.1, -0.05) is 36.4 Å². The summed E-state index contributed by atoms with van der Waals surface area (Å²) in [5, 5.41) is 2.57. The minimum atomic E-state index is -1.56. The molecule has 0 heterocycles. The molecule has 2 rings (SSSR count). The molecule has 2 atom stereocenters. The Kier molecular flexibility index (Phi) is 5.11. The van der Waals surface area contributed by atoms with E-state index in [1.165, 1.54) is 10.6 Å². The fourth-order valence-electron chi connectivity index (χ4n) is 2.21. The molecular weight excluding hydrogens is 276 g/mol. The van der Waals surface area contributed by atoms with E-state index in [4.69, 9.17) is 15.1 Å². The molecule has 0 aromatic heterocycles. The van der Waals surface area contributed by atoms with Crippen molar-refractivity contribution in [1.29, 1.82) is 0 Å². The van der Waals surface area contributed by atoms with Crippen molar-refractivity contribution < 1.29 is 0 Å². The number of hydrogen-bond acceptors (Lipinski definition) is 0. The van der Waals surface area contributed by atoms with Gasteiger partial charge in [0.15, 0.2) is 0 Å². The maximum atomic E-state index is 6.60. The molecule has 0 bridgehead atoms. The second-order valence-corrected chi connectivity index (χ2v) is 12.7. The largest absolute Gasteiger partial charge is 0.299 e. The van der Waals surface area contributed by atoms with E-state index < -0.39 is 14.3 Å². The Labute approximate surface area is 126 Å². The Bertz CT molecular complexity index is 487. The molecule has 2 aromatic rings. The second kappa shape index (κ2) is 6.46. The Morgan fingerprint density at radius 3 is 1.25 bits per heavy atom. The third-order valence-corrected chi connectivity index (χ3v) is 9.33. The molecule has 0 amide bonds. The van der Waals surface area contributed by atoms with Crippen LogP contribution in [0.5, 0.6) is 0 Å². The van der Waals surface area contributed by atoms with Crippen LogP contribution in [0, 0.1) is 0 Å². The van der Waals surface area contributed by atoms with Crippen LogP contribution < -0.4 is 10.6 Å². The highest BCUT2D eigenvalue weighted by molar-refractivity contribution is 8.05. The highest BCUT2D eigenvalue weighted by Crippen LogP contribution is 2.56. The van der Waals surface area contributed by atoms with E-state index in [1.54, 1.807) is 0 Å². The van der Waals surface area contributed by atoms with E-state index in [0.29, 0.717) is 0 Å². The molecule has 0 aliphatic rings. The number of hydrogen-bond donors (Lipinski definition) is 0. The molecule has 6 radical (unpaired) electrons. The van der Waals surface area contributed by atoms with Gasteiger partial charge in [-0.25, -0.2) is 14.3 Å². The molecule has 0 saturated heterocycles. The first-order valence-corrected chi connectivity index (χ1v) is 11.8. The van der Waals surface area contributed by atoms with Gasteiger partial charge in [-0.2, -0.15) is 0 Å². The molecule has 4 heteroatoms. The maximum Gasteiger partial charge on any atom is 0.0456 e. The van der Waals surface area contributed by atoms with Crippen LogP contribution in [0.3, 0.4) is 0 Å². The van der Waals surface area contributed by atoms with Crippen LogP contribution in [0.25, 0.3) is 0 Å². The van der Waals surface area contributed by atoms with Crippen molar-refractivity contribution in [3.63, 3.8) is 0 Å². The summed E-state index contributed by atoms with van der Waals surface area (Å²) >= 11 is 0. The zero-order chi connectivity index (χ0) is 14.6. The predicted molar refractivity (Wildman–Crippen MR) is 99.1 cm³/mol. The van der Waals surface area contributed by atoms with Gasteiger partial charge in [-0.15, -0.1) is 0 Å². The van der Waals surface area contributed by atoms with Crippen LogP contribution in [-0.4, -0.2) is 40.8 Å². The SMILES string of the molecule is [B-][P+](C)(CC[P+]([B-])(C)c1ccccc1)c1ccccc1. The van der Waals surface area contributed by atoms with Gasteiger partial charge in [0.2, 0.25) is 0 Å². The number of rotatable bonds is 5. The predicted octanol–water partition coefficient (Wildman–Crippen LogP) is 3.10. The van der Waals surface area contributed by atoms with Gasteiger partial charge >= 0.3 is 0 Å². The van der Waals surface area contributed by atoms with Crippen molar-refractivity contribution in [3.8, 4) is 0 Å². The van der Waals surface area contributed by atoms with Gasteiger partial charge in [0.25, 0.3) is 0 Å². The first-order valence-electron chi connectivity index (χ1n) is 6.81. The molecule has 100 valence electrons. The normalized spacial score (nSPS) is 17.2. The van der Waals surface area contributed by atoms with E-state index in [9.17, 15) is 0 Å². The fraction of sp³-hybridized carbons (Fsp3) is 0.250. The average Bonchev–Trinajstić information content (AvgIpc) is 2.47. The highest BCUT2D eigenvalue weighted by Gasteiger charge is 2.21. The lowest BCUT2D eigenvalue weighted by Crippen LogP contribution is -2.20. The topological polar surface area (TPSA) is 0 Å². The lowest BCUT2D eigenvalue weighted by atomic mass is 10.4. The minimum absolute atomic E-state index is 1.01. The van der Waals surface area contributed by atoms with Crippen LogP contribution in [0.2, 0.25) is 0 Å². The summed E-state index contributed by atoms with van der Waals surface area (Å²) in [6, 6.07) is 20.9. The van der Waals surface area contributed by atoms with Gasteiger partial charge in [-0.05, 0) is 24.3 Å². The van der Waals surface area contributed by atoms with E-state index in [-0.39, 0.29) is 0 Å². The number of benzene rings is 2. The third kappa shape index (κ3) is 3.97. The lowest BCUT2D eigenvalue weighted by molar-refractivity contribution is 1.49. The Morgan fingerprint density at radius 1 is 0.650 bits per heavy atom. The van der Waals surface area contributed by atoms with Gasteiger partial charge in [-0.3, -0.25) is 15.1 Å². The van der Waals surface area contributed by atoms with E-state index in [2.05, 4.69) is 61.9 Å². The standard InChI is InChI=1S/C16H20B2P2/c1-19(17,15-9-5-3-6-10-15)13-14-20(2,18)16-11-7-4-8-12-16/h3-12H,13-14H2,1-2H3. The van der Waals surface area contributed by atoms with E-state index in [1.807, 2.05) is 12.1 Å². The zero-order valence-electron chi connectivity index (χ0n) is 12.2. The summed E-state index contributed by atoms with van der Waals surface area (Å²) in [5.74, 6) is 0. The molecule has 20 heavy (non-hydrogen) atoms. The average molecular weight is 296 g/mol. The molecule has 0 saturated carbocycles. The second-order valence-electron chi connectivity index (χ2n) is 5.65. The van der Waals surface area contributed by atoms with Crippen molar-refractivity contribution in [1.82, 2.24) is 0 Å². The summed E-state index contributed by atoms with van der Waals surface area (Å²) in [6.07, 6.45) is 2.01. The zero-order valence-corrected chi connectivity index (χ0v) is 14.0. The van der Waals surface area contributed by atoms with E-state index >= 15 is 0 Å². The van der Waals surface area contributed by atoms with Crippen molar-refractivity contribution in [2.45, 2.75) is 0 Å². The molecule has 0 nitrogen and oxygen atoms in total. The van der Waals surface area contributed by atoms with Crippen LogP contribution in [-0.2, 0) is 0 Å². The summed E-state index contributed by atoms with van der Waals surface area (Å²) in [4.78, 5) is 0. The minimum Gasteiger partial charge on any atom is -0.299 e. The monoisotopic (exact) mass is 296 g/mol. The first kappa shape index (κ1) is 15.8. The van der Waals surface area contributed by atoms with Crippen LogP contribution >= 0.6 is 14.3 Å². The molecule has 2 aromatic carbocycles. The summed E-state index contributed by atoms with van der Waals surface area (Å²) in [7, 11) is 10.1. The van der Waals surface area contributed by atoms with Crippen LogP contribution in [0.15, 0.2) is 60.7 Å². The Hall–Kier alpha value is -0.570. The van der Waals surface area contributed by atoms with Gasteiger partial charge in [0.05, 0.1) is 0 Å². The lowest BCUT2D eigenvalue weighted by Gasteiger charge is -2.38. The smallest absolute Gasteiger partial charge is 0.0456 e. The van der Waals surface area contributed by atoms with Crippen LogP contribution in [0.4, 0.5) is 0 Å². The van der Waals surface area contributed by atoms with Crippen LogP contribution in [0.1, 0.15) is 0 Å². The third-order valence-electron chi connectivity index (χ3n) is 3.72. The Balaban J connectivity index is 2.08. The van der Waals surface area contributed by atoms with Gasteiger partial charge in [0.1, 0.15) is 0 Å². The van der Waals surface area contributed by atoms with Crippen molar-refractivity contribution in [2.24, 2.45) is 0 Å². The molecule has 2 unspecified atom stereocenters. The summed E-state index contributed by atoms with van der Waals surface area (Å²) in [5.41, 5.74) is 0. The maximum absolute atomic E-state index is 6.60. The molecule has 0 N–H and O–H groups in total. The van der Waals surface area contributed by atoms with Gasteiger partial charge in [0, 0.05) is 36.3 Å². The van der Waals surface area contributed by atoms with Crippen molar-refractivity contribution in [3.05, 3.63) is 60.7 Å². The molecular formula is C16H20B2P2. The highest BCUT2D eigenvalue weighted by atomic mass is 31.2. The van der Waals surface area contributed by atoms with Crippen molar-refractivity contribution in [2.75, 3.05) is 25.7 Å². The molecule has 0 spiro atoms. The quantitative estimate of drug-likeness (QED) is 0.587. The Morgan fingerprint density at radius 2 is 0.950 bits per heavy atom. The summed E-state index contributed by atoms with van der Waals surface area (Å²) < 4.78 is 0. The van der Waals surface area contributed by atoms with E-state index in [0.717, 1.165) is 12.3 Å². The summed E-state index contributed by atoms with van der Waals surface area (Å²) in [6.45, 7) is 4.40. The molecule has 0 fully saturated rings. The fourth-order valence-corrected chi connectivity index (χ4v) is 7.76. The first-order chi connectivity index (χ1) is 9.42. The van der Waals surface area contributed by atoms with Gasteiger partial charge < -0.3 is 0 Å².